The molecule has 1 atom stereocenters. The number of hydrogen-bond acceptors (Lipinski definition) is 1. The van der Waals surface area contributed by atoms with E-state index in [4.69, 9.17) is 23.2 Å². The summed E-state index contributed by atoms with van der Waals surface area (Å²) in [5.74, 6) is 0. The topological polar surface area (TPSA) is 20.2 Å². The molecule has 0 aromatic heterocycles. The molecule has 2 rings (SSSR count). The molecule has 20 heavy (non-hydrogen) atoms. The average Bonchev–Trinajstić information content (AvgIpc) is 2.32. The highest BCUT2D eigenvalue weighted by molar-refractivity contribution is 9.10. The third kappa shape index (κ3) is 3.77. The van der Waals surface area contributed by atoms with Crippen molar-refractivity contribution in [3.05, 3.63) is 66.5 Å². The minimum Gasteiger partial charge on any atom is -0.385 e. The monoisotopic (exact) mass is 436 g/mol. The van der Waals surface area contributed by atoms with E-state index in [1.54, 1.807) is 13.0 Å². The van der Waals surface area contributed by atoms with Crippen molar-refractivity contribution in [3.63, 3.8) is 0 Å². The summed E-state index contributed by atoms with van der Waals surface area (Å²) in [6, 6.07) is 11.1. The summed E-state index contributed by atoms with van der Waals surface area (Å²) in [6.45, 7) is 1.74. The molecule has 2 aromatic rings. The molecule has 1 N–H and O–H groups in total. The summed E-state index contributed by atoms with van der Waals surface area (Å²) < 4.78 is 1.79. The van der Waals surface area contributed by atoms with Crippen LogP contribution in [0.15, 0.2) is 45.3 Å². The minimum absolute atomic E-state index is 0.389. The van der Waals surface area contributed by atoms with E-state index in [0.29, 0.717) is 22.0 Å². The van der Waals surface area contributed by atoms with Crippen LogP contribution in [-0.2, 0) is 12.0 Å². The lowest BCUT2D eigenvalue weighted by Crippen LogP contribution is -2.25. The van der Waals surface area contributed by atoms with Gasteiger partial charge < -0.3 is 5.11 Å². The molecule has 5 heteroatoms. The van der Waals surface area contributed by atoms with Crippen LogP contribution in [-0.4, -0.2) is 5.11 Å². The third-order valence-electron chi connectivity index (χ3n) is 3.06. The van der Waals surface area contributed by atoms with Crippen LogP contribution in [0.1, 0.15) is 18.1 Å². The Bertz CT molecular complexity index is 642. The van der Waals surface area contributed by atoms with Gasteiger partial charge in [-0.25, -0.2) is 0 Å². The molecule has 0 radical (unpaired) electrons. The fourth-order valence-corrected chi connectivity index (χ4v) is 3.67. The minimum atomic E-state index is -1.09. The van der Waals surface area contributed by atoms with Gasteiger partial charge in [-0.2, -0.15) is 0 Å². The van der Waals surface area contributed by atoms with Crippen molar-refractivity contribution in [1.82, 2.24) is 0 Å². The number of rotatable bonds is 3. The average molecular weight is 439 g/mol. The number of halogens is 4. The summed E-state index contributed by atoms with van der Waals surface area (Å²) >= 11 is 19.1. The Hall–Kier alpha value is -0.0600. The third-order valence-corrected chi connectivity index (χ3v) is 4.71. The zero-order valence-corrected chi connectivity index (χ0v) is 15.3. The SMILES string of the molecule is CC(O)(Cc1ccc(Br)cc1Cl)c1ccc(Br)cc1Cl. The van der Waals surface area contributed by atoms with Crippen molar-refractivity contribution in [1.29, 1.82) is 0 Å². The van der Waals surface area contributed by atoms with Gasteiger partial charge in [0.2, 0.25) is 0 Å². The van der Waals surface area contributed by atoms with Gasteiger partial charge in [0.05, 0.1) is 5.60 Å². The smallest absolute Gasteiger partial charge is 0.0923 e. The Morgan fingerprint density at radius 3 is 2.10 bits per heavy atom. The van der Waals surface area contributed by atoms with Gasteiger partial charge in [-0.3, -0.25) is 0 Å². The van der Waals surface area contributed by atoms with Gasteiger partial charge in [0, 0.05) is 31.0 Å². The normalized spacial score (nSPS) is 14.1. The van der Waals surface area contributed by atoms with E-state index in [2.05, 4.69) is 31.9 Å². The van der Waals surface area contributed by atoms with E-state index in [1.807, 2.05) is 30.3 Å². The molecule has 0 fully saturated rings. The molecule has 0 saturated heterocycles. The van der Waals surface area contributed by atoms with Crippen LogP contribution in [0.5, 0.6) is 0 Å². The second-order valence-corrected chi connectivity index (χ2v) is 7.46. The molecule has 1 unspecified atom stereocenters. The first-order valence-corrected chi connectivity index (χ1v) is 8.25. The molecule has 1 nitrogen and oxygen atoms in total. The molecule has 106 valence electrons. The van der Waals surface area contributed by atoms with Crippen molar-refractivity contribution >= 4 is 55.1 Å². The van der Waals surface area contributed by atoms with E-state index >= 15 is 0 Å². The fourth-order valence-electron chi connectivity index (χ4n) is 2.06. The Kier molecular flexibility index (Phi) is 5.19. The van der Waals surface area contributed by atoms with Gasteiger partial charge >= 0.3 is 0 Å². The fraction of sp³-hybridized carbons (Fsp3) is 0.200. The highest BCUT2D eigenvalue weighted by Gasteiger charge is 2.27. The molecule has 0 aliphatic rings. The standard InChI is InChI=1S/C15H12Br2Cl2O/c1-15(20,12-5-4-11(17)7-14(12)19)8-9-2-3-10(16)6-13(9)18/h2-7,20H,8H2,1H3. The van der Waals surface area contributed by atoms with Crippen LogP contribution < -0.4 is 0 Å². The zero-order valence-electron chi connectivity index (χ0n) is 10.6. The van der Waals surface area contributed by atoms with Crippen LogP contribution in [0.25, 0.3) is 0 Å². The van der Waals surface area contributed by atoms with Crippen molar-refractivity contribution in [2.45, 2.75) is 18.9 Å². The summed E-state index contributed by atoms with van der Waals surface area (Å²) in [6.07, 6.45) is 0.389. The van der Waals surface area contributed by atoms with E-state index in [-0.39, 0.29) is 0 Å². The van der Waals surface area contributed by atoms with E-state index in [1.165, 1.54) is 0 Å². The lowest BCUT2D eigenvalue weighted by molar-refractivity contribution is 0.0577. The molecule has 0 aliphatic heterocycles. The molecular weight excluding hydrogens is 427 g/mol. The van der Waals surface area contributed by atoms with Crippen LogP contribution >= 0.6 is 55.1 Å². The van der Waals surface area contributed by atoms with E-state index in [0.717, 1.165) is 14.5 Å². The van der Waals surface area contributed by atoms with Crippen molar-refractivity contribution in [2.75, 3.05) is 0 Å². The van der Waals surface area contributed by atoms with E-state index in [9.17, 15) is 5.11 Å². The quantitative estimate of drug-likeness (QED) is 0.626. The maximum absolute atomic E-state index is 10.7. The van der Waals surface area contributed by atoms with Crippen LogP contribution in [0.2, 0.25) is 10.0 Å². The number of hydrogen-bond donors (Lipinski definition) is 1. The second-order valence-electron chi connectivity index (χ2n) is 4.81. The number of benzene rings is 2. The lowest BCUT2D eigenvalue weighted by Gasteiger charge is -2.25. The lowest BCUT2D eigenvalue weighted by atomic mass is 9.89. The molecule has 2 aromatic carbocycles. The molecule has 0 aliphatic carbocycles. The van der Waals surface area contributed by atoms with Crippen LogP contribution in [0.4, 0.5) is 0 Å². The van der Waals surface area contributed by atoms with Gasteiger partial charge in [0.1, 0.15) is 0 Å². The summed E-state index contributed by atoms with van der Waals surface area (Å²) in [5, 5.41) is 11.9. The van der Waals surface area contributed by atoms with Crippen LogP contribution in [0, 0.1) is 0 Å². The van der Waals surface area contributed by atoms with Gasteiger partial charge in [0.25, 0.3) is 0 Å². The molecule has 0 heterocycles. The Labute approximate surface area is 145 Å². The van der Waals surface area contributed by atoms with Crippen molar-refractivity contribution in [3.8, 4) is 0 Å². The van der Waals surface area contributed by atoms with Crippen LogP contribution in [0.3, 0.4) is 0 Å². The first kappa shape index (κ1) is 16.3. The summed E-state index contributed by atoms with van der Waals surface area (Å²) in [5.41, 5.74) is 0.468. The molecular formula is C15H12Br2Cl2O. The van der Waals surface area contributed by atoms with Crippen molar-refractivity contribution in [2.24, 2.45) is 0 Å². The molecule has 0 spiro atoms. The molecule has 0 bridgehead atoms. The van der Waals surface area contributed by atoms with Gasteiger partial charge in [-0.05, 0) is 36.8 Å². The van der Waals surface area contributed by atoms with Gasteiger partial charge in [-0.15, -0.1) is 0 Å². The molecule has 0 amide bonds. The largest absolute Gasteiger partial charge is 0.385 e. The van der Waals surface area contributed by atoms with E-state index < -0.39 is 5.60 Å². The first-order valence-electron chi connectivity index (χ1n) is 5.91. The first-order chi connectivity index (χ1) is 9.29. The van der Waals surface area contributed by atoms with Crippen molar-refractivity contribution < 1.29 is 5.11 Å². The Morgan fingerprint density at radius 1 is 1.00 bits per heavy atom. The Balaban J connectivity index is 2.35. The predicted octanol–water partition coefficient (Wildman–Crippen LogP) is 5.97. The highest BCUT2D eigenvalue weighted by Crippen LogP contribution is 2.34. The summed E-state index contributed by atoms with van der Waals surface area (Å²) in [4.78, 5) is 0. The molecule has 0 saturated carbocycles. The van der Waals surface area contributed by atoms with Gasteiger partial charge in [0.15, 0.2) is 0 Å². The van der Waals surface area contributed by atoms with Gasteiger partial charge in [-0.1, -0.05) is 67.2 Å². The highest BCUT2D eigenvalue weighted by atomic mass is 79.9. The maximum atomic E-state index is 10.7. The predicted molar refractivity (Wildman–Crippen MR) is 91.6 cm³/mol. The summed E-state index contributed by atoms with van der Waals surface area (Å²) in [7, 11) is 0. The Morgan fingerprint density at radius 2 is 1.55 bits per heavy atom. The number of aliphatic hydroxyl groups is 1. The maximum Gasteiger partial charge on any atom is 0.0923 e. The zero-order chi connectivity index (χ0) is 14.9. The second kappa shape index (κ2) is 6.37.